The number of hydrogen-bond acceptors (Lipinski definition) is 2. The zero-order chi connectivity index (χ0) is 29.2. The van der Waals surface area contributed by atoms with E-state index >= 15 is 0 Å². The maximum Gasteiger partial charge on any atom is 0.136 e. The molecule has 0 atom stereocenters. The highest BCUT2D eigenvalue weighted by molar-refractivity contribution is 6.24. The Kier molecular flexibility index (Phi) is 5.48. The van der Waals surface area contributed by atoms with E-state index in [-0.39, 0.29) is 0 Å². The lowest BCUT2D eigenvalue weighted by atomic mass is 9.87. The van der Waals surface area contributed by atoms with Crippen LogP contribution in [0.1, 0.15) is 12.7 Å². The molecular formula is C41H28N2O. The van der Waals surface area contributed by atoms with Gasteiger partial charge < -0.3 is 4.42 Å². The van der Waals surface area contributed by atoms with E-state index in [1.54, 1.807) is 0 Å². The Hall–Kier alpha value is -5.67. The molecule has 0 saturated heterocycles. The Labute approximate surface area is 254 Å². The van der Waals surface area contributed by atoms with Crippen LogP contribution in [0.5, 0.6) is 0 Å². The molecule has 3 heteroatoms. The van der Waals surface area contributed by atoms with Gasteiger partial charge in [0.1, 0.15) is 17.0 Å². The van der Waals surface area contributed by atoms with E-state index < -0.39 is 0 Å². The lowest BCUT2D eigenvalue weighted by Crippen LogP contribution is -2.03. The Morgan fingerprint density at radius 3 is 2.14 bits per heavy atom. The third-order valence-corrected chi connectivity index (χ3v) is 8.94. The molecule has 44 heavy (non-hydrogen) atoms. The Balaban J connectivity index is 1.50. The molecule has 0 saturated carbocycles. The number of fused-ring (bicyclic) bond motifs is 6. The second-order valence-electron chi connectivity index (χ2n) is 11.4. The van der Waals surface area contributed by atoms with Crippen LogP contribution in [0.15, 0.2) is 144 Å². The van der Waals surface area contributed by atoms with E-state index in [2.05, 4.69) is 145 Å². The van der Waals surface area contributed by atoms with Gasteiger partial charge in [0.15, 0.2) is 0 Å². The first kappa shape index (κ1) is 24.9. The van der Waals surface area contributed by atoms with Crippen molar-refractivity contribution in [3.05, 3.63) is 145 Å². The van der Waals surface area contributed by atoms with Crippen LogP contribution in [0.2, 0.25) is 0 Å². The minimum absolute atomic E-state index is 0.828. The molecule has 0 aliphatic carbocycles. The molecule has 208 valence electrons. The molecule has 3 nitrogen and oxygen atoms in total. The van der Waals surface area contributed by atoms with Gasteiger partial charge in [0.05, 0.1) is 16.7 Å². The van der Waals surface area contributed by atoms with Gasteiger partial charge in [0.2, 0.25) is 0 Å². The number of hydrogen-bond donors (Lipinski definition) is 0. The number of aryl methyl sites for hydroxylation is 1. The smallest absolute Gasteiger partial charge is 0.136 e. The van der Waals surface area contributed by atoms with Gasteiger partial charge in [0, 0.05) is 28.0 Å². The van der Waals surface area contributed by atoms with Gasteiger partial charge in [-0.05, 0) is 63.4 Å². The molecule has 2 heterocycles. The van der Waals surface area contributed by atoms with Crippen LogP contribution in [-0.2, 0) is 6.42 Å². The molecule has 0 spiro atoms. The van der Waals surface area contributed by atoms with E-state index in [9.17, 15) is 0 Å². The van der Waals surface area contributed by atoms with Crippen LogP contribution < -0.4 is 0 Å². The maximum absolute atomic E-state index is 6.38. The summed E-state index contributed by atoms with van der Waals surface area (Å²) in [5.74, 6) is 1.06. The minimum atomic E-state index is 0.828. The quantitative estimate of drug-likeness (QED) is 0.199. The maximum atomic E-state index is 6.38. The monoisotopic (exact) mass is 564 g/mol. The van der Waals surface area contributed by atoms with Crippen molar-refractivity contribution in [3.8, 4) is 27.9 Å². The average Bonchev–Trinajstić information content (AvgIpc) is 3.66. The summed E-state index contributed by atoms with van der Waals surface area (Å²) in [7, 11) is 0. The van der Waals surface area contributed by atoms with Crippen molar-refractivity contribution in [2.45, 2.75) is 13.3 Å². The van der Waals surface area contributed by atoms with Crippen molar-refractivity contribution < 1.29 is 4.42 Å². The molecule has 0 unspecified atom stereocenters. The van der Waals surface area contributed by atoms with E-state index in [1.807, 2.05) is 6.07 Å². The summed E-state index contributed by atoms with van der Waals surface area (Å²) in [6, 6.07) is 49.7. The van der Waals surface area contributed by atoms with Crippen molar-refractivity contribution in [2.75, 3.05) is 0 Å². The Morgan fingerprint density at radius 2 is 1.27 bits per heavy atom. The van der Waals surface area contributed by atoms with Gasteiger partial charge >= 0.3 is 0 Å². The molecule has 0 radical (unpaired) electrons. The number of nitrogens with zero attached hydrogens (tertiary/aromatic N) is 2. The fourth-order valence-electron chi connectivity index (χ4n) is 7.04. The third-order valence-electron chi connectivity index (χ3n) is 8.94. The second-order valence-corrected chi connectivity index (χ2v) is 11.4. The summed E-state index contributed by atoms with van der Waals surface area (Å²) < 4.78 is 8.77. The number of furan rings is 1. The summed E-state index contributed by atoms with van der Waals surface area (Å²) in [5, 5.41) is 7.09. The minimum Gasteiger partial charge on any atom is -0.456 e. The molecule has 2 aromatic heterocycles. The number of para-hydroxylation sites is 3. The van der Waals surface area contributed by atoms with Crippen molar-refractivity contribution in [1.29, 1.82) is 0 Å². The first-order valence-electron chi connectivity index (χ1n) is 15.2. The van der Waals surface area contributed by atoms with Crippen molar-refractivity contribution in [3.63, 3.8) is 0 Å². The largest absolute Gasteiger partial charge is 0.456 e. The lowest BCUT2D eigenvalue weighted by Gasteiger charge is -2.21. The topological polar surface area (TPSA) is 31.0 Å². The molecule has 0 N–H and O–H groups in total. The van der Waals surface area contributed by atoms with Crippen molar-refractivity contribution >= 4 is 54.5 Å². The molecule has 0 bridgehead atoms. The fraction of sp³-hybridized carbons (Fsp3) is 0.0488. The number of benzene rings is 7. The highest BCUT2D eigenvalue weighted by Crippen LogP contribution is 2.46. The molecule has 0 aliphatic rings. The van der Waals surface area contributed by atoms with Crippen LogP contribution in [0.4, 0.5) is 0 Å². The van der Waals surface area contributed by atoms with Crippen molar-refractivity contribution in [2.24, 2.45) is 0 Å². The SMILES string of the molecule is CCc1nc2ccccc2n1-c1c2ccccc2c(-c2cccc3oc4ccccc4c23)c2cc(-c3ccccc3)ccc12. The number of imidazole rings is 1. The van der Waals surface area contributed by atoms with Gasteiger partial charge in [0.25, 0.3) is 0 Å². The summed E-state index contributed by atoms with van der Waals surface area (Å²) in [6.45, 7) is 2.19. The molecule has 0 amide bonds. The van der Waals surface area contributed by atoms with E-state index in [0.29, 0.717) is 0 Å². The summed E-state index contributed by atoms with van der Waals surface area (Å²) in [4.78, 5) is 5.09. The zero-order valence-electron chi connectivity index (χ0n) is 24.3. The first-order chi connectivity index (χ1) is 21.8. The Morgan fingerprint density at radius 1 is 0.568 bits per heavy atom. The molecule has 9 rings (SSSR count). The molecule has 0 aliphatic heterocycles. The molecular weight excluding hydrogens is 536 g/mol. The Bertz CT molecular complexity index is 2540. The fourth-order valence-corrected chi connectivity index (χ4v) is 7.04. The van der Waals surface area contributed by atoms with E-state index in [4.69, 9.17) is 9.40 Å². The summed E-state index contributed by atoms with van der Waals surface area (Å²) in [5.41, 5.74) is 9.91. The van der Waals surface area contributed by atoms with E-state index in [1.165, 1.54) is 49.5 Å². The van der Waals surface area contributed by atoms with Gasteiger partial charge in [-0.1, -0.05) is 116 Å². The summed E-state index contributed by atoms with van der Waals surface area (Å²) in [6.07, 6.45) is 0.828. The average molecular weight is 565 g/mol. The number of aromatic nitrogens is 2. The highest BCUT2D eigenvalue weighted by Gasteiger charge is 2.23. The number of rotatable bonds is 4. The van der Waals surface area contributed by atoms with Gasteiger partial charge in [-0.3, -0.25) is 4.57 Å². The first-order valence-corrected chi connectivity index (χ1v) is 15.2. The molecule has 7 aromatic carbocycles. The normalized spacial score (nSPS) is 11.8. The zero-order valence-corrected chi connectivity index (χ0v) is 24.3. The van der Waals surface area contributed by atoms with Crippen LogP contribution in [0, 0.1) is 0 Å². The highest BCUT2D eigenvalue weighted by atomic mass is 16.3. The van der Waals surface area contributed by atoms with Gasteiger partial charge in [-0.15, -0.1) is 0 Å². The summed E-state index contributed by atoms with van der Waals surface area (Å²) >= 11 is 0. The predicted octanol–water partition coefficient (Wildman–Crippen LogP) is 11.1. The molecule has 0 fully saturated rings. The van der Waals surface area contributed by atoms with Gasteiger partial charge in [-0.25, -0.2) is 4.98 Å². The van der Waals surface area contributed by atoms with Crippen LogP contribution in [-0.4, -0.2) is 9.55 Å². The third kappa shape index (κ3) is 3.59. The predicted molar refractivity (Wildman–Crippen MR) is 184 cm³/mol. The van der Waals surface area contributed by atoms with Gasteiger partial charge in [-0.2, -0.15) is 0 Å². The lowest BCUT2D eigenvalue weighted by molar-refractivity contribution is 0.669. The van der Waals surface area contributed by atoms with Crippen LogP contribution in [0.25, 0.3) is 82.5 Å². The standard InChI is InChI=1S/C41H28N2O/c1-2-38-42-34-19-9-10-20-35(34)43(38)41-29-16-7-6-15-28(29)39(33-25-27(23-24-30(33)41)26-13-4-3-5-14-26)32-18-12-22-37-40(32)31-17-8-11-21-36(31)44-37/h3-25H,2H2,1H3. The van der Waals surface area contributed by atoms with Crippen LogP contribution >= 0.6 is 0 Å². The van der Waals surface area contributed by atoms with Crippen molar-refractivity contribution in [1.82, 2.24) is 9.55 Å². The molecule has 9 aromatic rings. The van der Waals surface area contributed by atoms with E-state index in [0.717, 1.165) is 45.2 Å². The van der Waals surface area contributed by atoms with Crippen LogP contribution in [0.3, 0.4) is 0 Å². The second kappa shape index (κ2) is 9.68.